The fourth-order valence-electron chi connectivity index (χ4n) is 0.923. The Labute approximate surface area is 101 Å². The molecule has 4 heteroatoms. The van der Waals surface area contributed by atoms with Gasteiger partial charge in [0.1, 0.15) is 0 Å². The van der Waals surface area contributed by atoms with Crippen LogP contribution in [0.2, 0.25) is 0 Å². The molecule has 0 aliphatic rings. The summed E-state index contributed by atoms with van der Waals surface area (Å²) in [6, 6.07) is 7.39. The first-order valence-electron chi connectivity index (χ1n) is 5.36. The first-order chi connectivity index (χ1) is 7.99. The van der Waals surface area contributed by atoms with Crippen LogP contribution in [0.5, 0.6) is 0 Å². The Morgan fingerprint density at radius 3 is 2.53 bits per heavy atom. The van der Waals surface area contributed by atoms with E-state index in [1.165, 1.54) is 20.4 Å². The van der Waals surface area contributed by atoms with Gasteiger partial charge in [0.2, 0.25) is 0 Å². The molecule has 0 fully saturated rings. The minimum absolute atomic E-state index is 0.808. The molecule has 0 bridgehead atoms. The normalized spacial score (nSPS) is 14.4. The molecule has 0 atom stereocenters. The monoisotopic (exact) mass is 273 g/mol. The number of hydrogen-bond acceptors (Lipinski definition) is 3. The lowest BCUT2D eigenvalue weighted by Gasteiger charge is -2.09. The van der Waals surface area contributed by atoms with E-state index in [1.807, 2.05) is 24.3 Å². The van der Waals surface area contributed by atoms with Gasteiger partial charge in [-0.15, -0.1) is 0 Å². The molecule has 0 aliphatic heterocycles. The van der Waals surface area contributed by atoms with E-state index in [-0.39, 0.29) is 0 Å². The second-order valence-corrected chi connectivity index (χ2v) is 3.66. The average Bonchev–Trinajstić information content (AvgIpc) is 2.29. The highest BCUT2D eigenvalue weighted by Crippen LogP contribution is 2.09. The van der Waals surface area contributed by atoms with Crippen LogP contribution in [0.3, 0.4) is 0 Å². The summed E-state index contributed by atoms with van der Waals surface area (Å²) in [6.07, 6.45) is 0.437. The van der Waals surface area contributed by atoms with Crippen LogP contribution in [0.1, 0.15) is 8.30 Å². The molecular formula is C11H14BrNO2. The quantitative estimate of drug-likeness (QED) is 0.610. The third-order valence-electron chi connectivity index (χ3n) is 1.69. The van der Waals surface area contributed by atoms with Crippen molar-refractivity contribution in [1.82, 2.24) is 0 Å². The molecule has 0 amide bonds. The molecule has 0 heterocycles. The van der Waals surface area contributed by atoms with Crippen LogP contribution in [0, 0.1) is 0 Å². The lowest BCUT2D eigenvalue weighted by atomic mass is 10.2. The maximum absolute atomic E-state index is 7.68. The van der Waals surface area contributed by atoms with Gasteiger partial charge in [0, 0.05) is 24.9 Å². The summed E-state index contributed by atoms with van der Waals surface area (Å²) in [5.41, 5.74) is 0.808. The minimum atomic E-state index is -1.92. The fourth-order valence-corrected chi connectivity index (χ4v) is 1.19. The summed E-state index contributed by atoms with van der Waals surface area (Å²) < 4.78 is 26.0. The highest BCUT2D eigenvalue weighted by molar-refractivity contribution is 9.10. The summed E-state index contributed by atoms with van der Waals surface area (Å²) in [7, 11) is 2.75. The van der Waals surface area contributed by atoms with Crippen molar-refractivity contribution in [3.63, 3.8) is 0 Å². The van der Waals surface area contributed by atoms with E-state index in [0.29, 0.717) is 0 Å². The number of ether oxygens (including phenoxy) is 2. The molecule has 0 saturated carbocycles. The summed E-state index contributed by atoms with van der Waals surface area (Å²) >= 11 is 3.32. The smallest absolute Gasteiger partial charge is 0.176 e. The van der Waals surface area contributed by atoms with Crippen LogP contribution in [-0.4, -0.2) is 33.2 Å². The SMILES string of the molecule is [2H]C([2H])(N=Cc1ccc(Br)cc1)C(OC)OC. The highest BCUT2D eigenvalue weighted by Gasteiger charge is 2.00. The van der Waals surface area contributed by atoms with Gasteiger partial charge < -0.3 is 9.47 Å². The van der Waals surface area contributed by atoms with Crippen molar-refractivity contribution in [3.05, 3.63) is 34.3 Å². The molecule has 0 N–H and O–H groups in total. The van der Waals surface area contributed by atoms with Crippen molar-refractivity contribution in [2.75, 3.05) is 20.7 Å². The third-order valence-corrected chi connectivity index (χ3v) is 2.22. The van der Waals surface area contributed by atoms with Crippen molar-refractivity contribution >= 4 is 22.1 Å². The van der Waals surface area contributed by atoms with Gasteiger partial charge in [-0.2, -0.15) is 0 Å². The number of rotatable bonds is 5. The molecule has 3 nitrogen and oxygen atoms in total. The summed E-state index contributed by atoms with van der Waals surface area (Å²) in [5.74, 6) is 0. The summed E-state index contributed by atoms with van der Waals surface area (Å²) in [6.45, 7) is -1.92. The highest BCUT2D eigenvalue weighted by atomic mass is 79.9. The Kier molecular flexibility index (Phi) is 4.26. The van der Waals surface area contributed by atoms with Gasteiger partial charge in [0.15, 0.2) is 6.29 Å². The Hall–Kier alpha value is -0.710. The molecule has 0 aliphatic carbocycles. The second kappa shape index (κ2) is 6.71. The molecule has 1 rings (SSSR count). The second-order valence-electron chi connectivity index (χ2n) is 2.74. The largest absolute Gasteiger partial charge is 0.354 e. The Balaban J connectivity index is 2.78. The van der Waals surface area contributed by atoms with Gasteiger partial charge in [-0.25, -0.2) is 0 Å². The molecule has 0 spiro atoms. The maximum Gasteiger partial charge on any atom is 0.176 e. The van der Waals surface area contributed by atoms with Gasteiger partial charge in [0.25, 0.3) is 0 Å². The zero-order valence-electron chi connectivity index (χ0n) is 10.6. The molecule has 1 aromatic rings. The molecule has 0 unspecified atom stereocenters. The minimum Gasteiger partial charge on any atom is -0.354 e. The van der Waals surface area contributed by atoms with Crippen molar-refractivity contribution in [3.8, 4) is 0 Å². The van der Waals surface area contributed by atoms with Crippen LogP contribution in [0.4, 0.5) is 0 Å². The molecule has 0 radical (unpaired) electrons. The van der Waals surface area contributed by atoms with E-state index in [0.717, 1.165) is 10.0 Å². The lowest BCUT2D eigenvalue weighted by Crippen LogP contribution is -2.16. The molecular weight excluding hydrogens is 258 g/mol. The number of methoxy groups -OCH3 is 2. The van der Waals surface area contributed by atoms with Gasteiger partial charge in [-0.3, -0.25) is 4.99 Å². The molecule has 1 aromatic carbocycles. The van der Waals surface area contributed by atoms with Crippen molar-refractivity contribution in [1.29, 1.82) is 0 Å². The fraction of sp³-hybridized carbons (Fsp3) is 0.364. The van der Waals surface area contributed by atoms with Crippen molar-refractivity contribution < 1.29 is 12.2 Å². The lowest BCUT2D eigenvalue weighted by molar-refractivity contribution is -0.0936. The van der Waals surface area contributed by atoms with Crippen LogP contribution in [0.25, 0.3) is 0 Å². The van der Waals surface area contributed by atoms with E-state index in [1.54, 1.807) is 0 Å². The summed E-state index contributed by atoms with van der Waals surface area (Å²) in [4.78, 5) is 3.84. The number of hydrogen-bond donors (Lipinski definition) is 0. The van der Waals surface area contributed by atoms with Gasteiger partial charge in [-0.05, 0) is 17.7 Å². The van der Waals surface area contributed by atoms with E-state index in [2.05, 4.69) is 20.9 Å². The van der Waals surface area contributed by atoms with Crippen molar-refractivity contribution in [2.24, 2.45) is 4.99 Å². The van der Waals surface area contributed by atoms with Crippen LogP contribution < -0.4 is 0 Å². The Morgan fingerprint density at radius 1 is 1.40 bits per heavy atom. The van der Waals surface area contributed by atoms with E-state index in [9.17, 15) is 0 Å². The molecule has 82 valence electrons. The topological polar surface area (TPSA) is 30.8 Å². The molecule has 15 heavy (non-hydrogen) atoms. The summed E-state index contributed by atoms with van der Waals surface area (Å²) in [5, 5.41) is 0. The zero-order valence-corrected chi connectivity index (χ0v) is 10.2. The number of benzene rings is 1. The maximum atomic E-state index is 7.68. The van der Waals surface area contributed by atoms with Crippen LogP contribution in [0.15, 0.2) is 33.7 Å². The zero-order chi connectivity index (χ0) is 12.9. The standard InChI is InChI=1S/C11H14BrNO2/c1-14-11(15-2)8-13-7-9-3-5-10(12)6-4-9/h3-7,11H,8H2,1-2H3/i8D2. The first kappa shape index (κ1) is 9.51. The molecule has 0 saturated heterocycles. The number of nitrogens with zero attached hydrogens (tertiary/aromatic N) is 1. The number of halogens is 1. The van der Waals surface area contributed by atoms with E-state index < -0.39 is 12.8 Å². The Morgan fingerprint density at radius 2 is 2.00 bits per heavy atom. The van der Waals surface area contributed by atoms with Crippen LogP contribution >= 0.6 is 15.9 Å². The van der Waals surface area contributed by atoms with Crippen molar-refractivity contribution in [2.45, 2.75) is 6.29 Å². The van der Waals surface area contributed by atoms with Crippen LogP contribution in [-0.2, 0) is 9.47 Å². The molecule has 0 aromatic heterocycles. The van der Waals surface area contributed by atoms with Gasteiger partial charge in [-0.1, -0.05) is 28.1 Å². The van der Waals surface area contributed by atoms with E-state index >= 15 is 0 Å². The third kappa shape index (κ3) is 4.55. The predicted octanol–water partition coefficient (Wildman–Crippen LogP) is 2.49. The van der Waals surface area contributed by atoms with E-state index in [4.69, 9.17) is 12.2 Å². The number of aliphatic imine (C=N–C) groups is 1. The Bertz CT molecular complexity index is 378. The average molecular weight is 274 g/mol. The first-order valence-corrected chi connectivity index (χ1v) is 5.15. The van der Waals surface area contributed by atoms with Gasteiger partial charge in [0.05, 0.1) is 9.24 Å². The van der Waals surface area contributed by atoms with Gasteiger partial charge >= 0.3 is 0 Å². The predicted molar refractivity (Wildman–Crippen MR) is 64.4 cm³/mol.